The van der Waals surface area contributed by atoms with Crippen molar-refractivity contribution in [3.8, 4) is 16.3 Å². The molecule has 3 aromatic rings. The first-order chi connectivity index (χ1) is 11.3. The molecule has 1 N–H and O–H groups in total. The van der Waals surface area contributed by atoms with Crippen LogP contribution >= 0.6 is 11.3 Å². The van der Waals surface area contributed by atoms with Crippen molar-refractivity contribution in [1.29, 1.82) is 0 Å². The monoisotopic (exact) mass is 324 g/mol. The number of nitrogens with one attached hydrogen (secondary N) is 1. The fourth-order valence-electron chi connectivity index (χ4n) is 2.19. The van der Waals surface area contributed by atoms with Gasteiger partial charge in [0.2, 0.25) is 0 Å². The minimum atomic E-state index is -0.0979. The number of carbonyl (C=O) groups is 1. The van der Waals surface area contributed by atoms with Gasteiger partial charge in [-0.2, -0.15) is 0 Å². The molecular formula is C18H16N2O2S. The predicted molar refractivity (Wildman–Crippen MR) is 91.7 cm³/mol. The van der Waals surface area contributed by atoms with Crippen LogP contribution in [0.5, 0.6) is 5.75 Å². The topological polar surface area (TPSA) is 51.2 Å². The highest BCUT2D eigenvalue weighted by molar-refractivity contribution is 7.13. The number of amides is 1. The number of hydrogen-bond donors (Lipinski definition) is 1. The van der Waals surface area contributed by atoms with E-state index in [1.54, 1.807) is 30.7 Å². The first kappa shape index (κ1) is 15.2. The van der Waals surface area contributed by atoms with Gasteiger partial charge in [-0.3, -0.25) is 4.79 Å². The maximum atomic E-state index is 12.3. The second-order valence-corrected chi connectivity index (χ2v) is 5.84. The maximum Gasteiger partial charge on any atom is 0.251 e. The lowest BCUT2D eigenvalue weighted by atomic mass is 10.1. The number of methoxy groups -OCH3 is 1. The summed E-state index contributed by atoms with van der Waals surface area (Å²) < 4.78 is 5.12. The van der Waals surface area contributed by atoms with Crippen LogP contribution in [0, 0.1) is 0 Å². The van der Waals surface area contributed by atoms with Gasteiger partial charge in [0, 0.05) is 29.2 Å². The molecule has 3 rings (SSSR count). The second-order valence-electron chi connectivity index (χ2n) is 4.95. The Kier molecular flexibility index (Phi) is 4.68. The van der Waals surface area contributed by atoms with Crippen LogP contribution in [0.2, 0.25) is 0 Å². The van der Waals surface area contributed by atoms with Gasteiger partial charge in [0.15, 0.2) is 0 Å². The molecule has 0 saturated carbocycles. The molecule has 2 aromatic carbocycles. The summed E-state index contributed by atoms with van der Waals surface area (Å²) in [5, 5.41) is 5.76. The summed E-state index contributed by atoms with van der Waals surface area (Å²) in [5.41, 5.74) is 2.61. The Morgan fingerprint density at radius 2 is 2.04 bits per heavy atom. The zero-order valence-corrected chi connectivity index (χ0v) is 13.5. The van der Waals surface area contributed by atoms with E-state index in [0.29, 0.717) is 12.1 Å². The van der Waals surface area contributed by atoms with E-state index in [1.807, 2.05) is 47.8 Å². The Bertz CT molecular complexity index is 783. The van der Waals surface area contributed by atoms with Gasteiger partial charge >= 0.3 is 0 Å². The summed E-state index contributed by atoms with van der Waals surface area (Å²) >= 11 is 1.56. The largest absolute Gasteiger partial charge is 0.497 e. The molecule has 0 bridgehead atoms. The average Bonchev–Trinajstić information content (AvgIpc) is 3.15. The minimum Gasteiger partial charge on any atom is -0.497 e. The normalized spacial score (nSPS) is 10.3. The SMILES string of the molecule is COc1ccc(CNC(=O)c2cccc(-c3nccs3)c2)cc1. The lowest BCUT2D eigenvalue weighted by Crippen LogP contribution is -2.22. The number of benzene rings is 2. The Hall–Kier alpha value is -2.66. The van der Waals surface area contributed by atoms with Crippen molar-refractivity contribution >= 4 is 17.2 Å². The summed E-state index contributed by atoms with van der Waals surface area (Å²) in [6.45, 7) is 0.476. The van der Waals surface area contributed by atoms with E-state index in [-0.39, 0.29) is 5.91 Å². The van der Waals surface area contributed by atoms with Gasteiger partial charge in [-0.1, -0.05) is 24.3 Å². The van der Waals surface area contributed by atoms with Gasteiger partial charge in [0.05, 0.1) is 7.11 Å². The molecule has 23 heavy (non-hydrogen) atoms. The standard InChI is InChI=1S/C18H16N2O2S/c1-22-16-7-5-13(6-8-16)12-20-17(21)14-3-2-4-15(11-14)18-19-9-10-23-18/h2-11H,12H2,1H3,(H,20,21). The van der Waals surface area contributed by atoms with Crippen molar-refractivity contribution in [2.75, 3.05) is 7.11 Å². The molecule has 0 aliphatic heterocycles. The van der Waals surface area contributed by atoms with E-state index in [1.165, 1.54) is 0 Å². The molecule has 1 heterocycles. The maximum absolute atomic E-state index is 12.3. The number of aromatic nitrogens is 1. The van der Waals surface area contributed by atoms with Crippen molar-refractivity contribution < 1.29 is 9.53 Å². The molecule has 0 fully saturated rings. The highest BCUT2D eigenvalue weighted by Crippen LogP contribution is 2.22. The highest BCUT2D eigenvalue weighted by Gasteiger charge is 2.08. The number of rotatable bonds is 5. The Morgan fingerprint density at radius 1 is 1.22 bits per heavy atom. The second kappa shape index (κ2) is 7.07. The number of hydrogen-bond acceptors (Lipinski definition) is 4. The van der Waals surface area contributed by atoms with Crippen LogP contribution in [0.25, 0.3) is 10.6 Å². The van der Waals surface area contributed by atoms with Crippen LogP contribution < -0.4 is 10.1 Å². The first-order valence-electron chi connectivity index (χ1n) is 7.17. The van der Waals surface area contributed by atoms with Crippen molar-refractivity contribution in [3.63, 3.8) is 0 Å². The summed E-state index contributed by atoms with van der Waals surface area (Å²) in [4.78, 5) is 16.6. The van der Waals surface area contributed by atoms with Gasteiger partial charge < -0.3 is 10.1 Å². The van der Waals surface area contributed by atoms with Crippen molar-refractivity contribution in [2.24, 2.45) is 0 Å². The molecule has 0 aliphatic rings. The number of ether oxygens (including phenoxy) is 1. The van der Waals surface area contributed by atoms with E-state index in [9.17, 15) is 4.79 Å². The van der Waals surface area contributed by atoms with Gasteiger partial charge in [-0.15, -0.1) is 11.3 Å². The van der Waals surface area contributed by atoms with E-state index < -0.39 is 0 Å². The van der Waals surface area contributed by atoms with Gasteiger partial charge in [-0.25, -0.2) is 4.98 Å². The van der Waals surface area contributed by atoms with Gasteiger partial charge in [0.25, 0.3) is 5.91 Å². The molecule has 0 spiro atoms. The van der Waals surface area contributed by atoms with Crippen molar-refractivity contribution in [2.45, 2.75) is 6.54 Å². The van der Waals surface area contributed by atoms with Crippen LogP contribution in [0.1, 0.15) is 15.9 Å². The zero-order valence-electron chi connectivity index (χ0n) is 12.7. The average molecular weight is 324 g/mol. The quantitative estimate of drug-likeness (QED) is 0.777. The summed E-state index contributed by atoms with van der Waals surface area (Å²) in [6.07, 6.45) is 1.76. The number of nitrogens with zero attached hydrogens (tertiary/aromatic N) is 1. The molecular weight excluding hydrogens is 308 g/mol. The molecule has 4 nitrogen and oxygen atoms in total. The predicted octanol–water partition coefficient (Wildman–Crippen LogP) is 3.75. The molecule has 5 heteroatoms. The van der Waals surface area contributed by atoms with E-state index in [2.05, 4.69) is 10.3 Å². The van der Waals surface area contributed by atoms with Gasteiger partial charge in [0.1, 0.15) is 10.8 Å². The Morgan fingerprint density at radius 3 is 2.74 bits per heavy atom. The van der Waals surface area contributed by atoms with Crippen LogP contribution in [0.3, 0.4) is 0 Å². The zero-order chi connectivity index (χ0) is 16.1. The molecule has 0 atom stereocenters. The Balaban J connectivity index is 1.67. The third-order valence-electron chi connectivity index (χ3n) is 3.42. The Labute approximate surface area is 138 Å². The smallest absolute Gasteiger partial charge is 0.251 e. The molecule has 0 unspecified atom stereocenters. The third-order valence-corrected chi connectivity index (χ3v) is 4.24. The van der Waals surface area contributed by atoms with Crippen molar-refractivity contribution in [1.82, 2.24) is 10.3 Å². The minimum absolute atomic E-state index is 0.0979. The van der Waals surface area contributed by atoms with Gasteiger partial charge in [-0.05, 0) is 29.8 Å². The first-order valence-corrected chi connectivity index (χ1v) is 8.05. The van der Waals surface area contributed by atoms with Crippen LogP contribution in [0.4, 0.5) is 0 Å². The highest BCUT2D eigenvalue weighted by atomic mass is 32.1. The van der Waals surface area contributed by atoms with Crippen molar-refractivity contribution in [3.05, 3.63) is 71.2 Å². The fourth-order valence-corrected chi connectivity index (χ4v) is 2.82. The molecule has 1 aromatic heterocycles. The number of thiazole rings is 1. The molecule has 1 amide bonds. The molecule has 0 aliphatic carbocycles. The third kappa shape index (κ3) is 3.76. The van der Waals surface area contributed by atoms with E-state index in [0.717, 1.165) is 21.9 Å². The molecule has 0 saturated heterocycles. The van der Waals surface area contributed by atoms with Crippen LogP contribution in [-0.2, 0) is 6.54 Å². The van der Waals surface area contributed by atoms with Crippen LogP contribution in [-0.4, -0.2) is 18.0 Å². The summed E-state index contributed by atoms with van der Waals surface area (Å²) in [7, 11) is 1.63. The van der Waals surface area contributed by atoms with Crippen LogP contribution in [0.15, 0.2) is 60.1 Å². The summed E-state index contributed by atoms with van der Waals surface area (Å²) in [6, 6.07) is 15.1. The fraction of sp³-hybridized carbons (Fsp3) is 0.111. The van der Waals surface area contributed by atoms with E-state index >= 15 is 0 Å². The molecule has 0 radical (unpaired) electrons. The lowest BCUT2D eigenvalue weighted by Gasteiger charge is -2.07. The summed E-state index contributed by atoms with van der Waals surface area (Å²) in [5.74, 6) is 0.704. The number of carbonyl (C=O) groups excluding carboxylic acids is 1. The molecule has 116 valence electrons. The lowest BCUT2D eigenvalue weighted by molar-refractivity contribution is 0.0951. The van der Waals surface area contributed by atoms with E-state index in [4.69, 9.17) is 4.74 Å².